The number of hydrogen-bond acceptors (Lipinski definition) is 5. The zero-order valence-electron chi connectivity index (χ0n) is 14.6. The topological polar surface area (TPSA) is 86.1 Å². The van der Waals surface area contributed by atoms with Gasteiger partial charge in [-0.1, -0.05) is 6.07 Å². The van der Waals surface area contributed by atoms with Gasteiger partial charge in [0, 0.05) is 36.6 Å². The minimum absolute atomic E-state index is 0.240. The first-order valence-corrected chi connectivity index (χ1v) is 8.14. The monoisotopic (exact) mass is 368 g/mol. The maximum absolute atomic E-state index is 13.4. The average Bonchev–Trinajstić information content (AvgIpc) is 2.69. The third-order valence-corrected chi connectivity index (χ3v) is 3.81. The molecular formula is C19H17FN4O3. The summed E-state index contributed by atoms with van der Waals surface area (Å²) < 4.78 is 19.6. The number of nitrogens with one attached hydrogen (secondary N) is 1. The minimum atomic E-state index is -0.446. The van der Waals surface area contributed by atoms with Crippen molar-refractivity contribution in [1.82, 2.24) is 20.1 Å². The molecule has 0 spiro atoms. The van der Waals surface area contributed by atoms with Crippen molar-refractivity contribution in [3.63, 3.8) is 0 Å². The van der Waals surface area contributed by atoms with Crippen LogP contribution in [0.1, 0.15) is 5.56 Å². The Labute approximate surface area is 154 Å². The van der Waals surface area contributed by atoms with Gasteiger partial charge in [-0.05, 0) is 29.8 Å². The molecule has 0 radical (unpaired) electrons. The van der Waals surface area contributed by atoms with Crippen molar-refractivity contribution in [3.05, 3.63) is 76.6 Å². The number of carbonyl (C=O) groups is 1. The molecule has 0 atom stereocenters. The van der Waals surface area contributed by atoms with Gasteiger partial charge in [0.2, 0.25) is 5.91 Å². The Bertz CT molecular complexity index is 1010. The van der Waals surface area contributed by atoms with Gasteiger partial charge in [-0.25, -0.2) is 9.07 Å². The summed E-state index contributed by atoms with van der Waals surface area (Å²) in [6.45, 7) is 0.0589. The second-order valence-electron chi connectivity index (χ2n) is 5.70. The lowest BCUT2D eigenvalue weighted by atomic mass is 10.1. The summed E-state index contributed by atoms with van der Waals surface area (Å²) >= 11 is 0. The van der Waals surface area contributed by atoms with Gasteiger partial charge in [-0.2, -0.15) is 5.10 Å². The van der Waals surface area contributed by atoms with Crippen LogP contribution in [-0.2, 0) is 17.9 Å². The van der Waals surface area contributed by atoms with Gasteiger partial charge < -0.3 is 10.1 Å². The Kier molecular flexibility index (Phi) is 5.55. The Morgan fingerprint density at radius 2 is 2.11 bits per heavy atom. The molecule has 0 saturated heterocycles. The first-order chi connectivity index (χ1) is 13.1. The van der Waals surface area contributed by atoms with Gasteiger partial charge in [-0.3, -0.25) is 14.6 Å². The van der Waals surface area contributed by atoms with E-state index in [-0.39, 0.29) is 18.2 Å². The summed E-state index contributed by atoms with van der Waals surface area (Å²) in [6, 6.07) is 10.4. The predicted octanol–water partition coefficient (Wildman–Crippen LogP) is 1.77. The zero-order valence-corrected chi connectivity index (χ0v) is 14.6. The lowest BCUT2D eigenvalue weighted by Gasteiger charge is -2.10. The summed E-state index contributed by atoms with van der Waals surface area (Å²) in [5.74, 6) is -0.524. The fourth-order valence-corrected chi connectivity index (χ4v) is 2.48. The van der Waals surface area contributed by atoms with Crippen LogP contribution in [0.2, 0.25) is 0 Å². The molecule has 0 aliphatic rings. The molecule has 0 unspecified atom stereocenters. The molecule has 3 aromatic rings. The summed E-state index contributed by atoms with van der Waals surface area (Å²) in [7, 11) is 1.42. The summed E-state index contributed by atoms with van der Waals surface area (Å²) in [5.41, 5.74) is 1.34. The Hall–Kier alpha value is -3.55. The number of halogens is 1. The molecule has 8 heteroatoms. The highest BCUT2D eigenvalue weighted by Crippen LogP contribution is 2.28. The molecule has 27 heavy (non-hydrogen) atoms. The molecule has 2 aromatic heterocycles. The molecule has 2 heterocycles. The molecule has 7 nitrogen and oxygen atoms in total. The predicted molar refractivity (Wildman–Crippen MR) is 96.5 cm³/mol. The summed E-state index contributed by atoms with van der Waals surface area (Å²) in [6.07, 6.45) is 3.29. The number of hydrogen-bond donors (Lipinski definition) is 1. The van der Waals surface area contributed by atoms with E-state index in [4.69, 9.17) is 4.74 Å². The molecule has 0 aliphatic carbocycles. The summed E-state index contributed by atoms with van der Waals surface area (Å²) in [5, 5.41) is 6.92. The van der Waals surface area contributed by atoms with Gasteiger partial charge in [0.05, 0.1) is 12.8 Å². The number of carbonyl (C=O) groups excluding carboxylic acids is 1. The van der Waals surface area contributed by atoms with Crippen molar-refractivity contribution in [1.29, 1.82) is 0 Å². The van der Waals surface area contributed by atoms with E-state index in [2.05, 4.69) is 15.4 Å². The van der Waals surface area contributed by atoms with Crippen LogP contribution in [0.3, 0.4) is 0 Å². The van der Waals surface area contributed by atoms with Gasteiger partial charge in [0.25, 0.3) is 5.56 Å². The molecule has 0 fully saturated rings. The Balaban J connectivity index is 1.78. The number of pyridine rings is 1. The van der Waals surface area contributed by atoms with Crippen molar-refractivity contribution in [3.8, 4) is 17.0 Å². The molecule has 0 saturated carbocycles. The van der Waals surface area contributed by atoms with E-state index in [9.17, 15) is 14.0 Å². The van der Waals surface area contributed by atoms with Crippen LogP contribution < -0.4 is 15.6 Å². The van der Waals surface area contributed by atoms with E-state index in [1.54, 1.807) is 18.5 Å². The number of methoxy groups -OCH3 is 1. The third-order valence-electron chi connectivity index (χ3n) is 3.81. The van der Waals surface area contributed by atoms with Gasteiger partial charge in [-0.15, -0.1) is 0 Å². The number of nitrogens with zero attached hydrogens (tertiary/aromatic N) is 3. The molecule has 0 bridgehead atoms. The van der Waals surface area contributed by atoms with Crippen LogP contribution in [0.15, 0.2) is 59.7 Å². The van der Waals surface area contributed by atoms with Crippen molar-refractivity contribution < 1.29 is 13.9 Å². The van der Waals surface area contributed by atoms with E-state index < -0.39 is 11.4 Å². The van der Waals surface area contributed by atoms with E-state index in [0.717, 1.165) is 10.2 Å². The van der Waals surface area contributed by atoms with Crippen LogP contribution in [0.4, 0.5) is 4.39 Å². The third kappa shape index (κ3) is 4.55. The highest BCUT2D eigenvalue weighted by Gasteiger charge is 2.12. The molecule has 1 N–H and O–H groups in total. The first-order valence-electron chi connectivity index (χ1n) is 8.14. The highest BCUT2D eigenvalue weighted by atomic mass is 19.1. The van der Waals surface area contributed by atoms with Gasteiger partial charge >= 0.3 is 0 Å². The molecule has 0 aliphatic heterocycles. The van der Waals surface area contributed by atoms with Gasteiger partial charge in [0.1, 0.15) is 18.1 Å². The van der Waals surface area contributed by atoms with Crippen molar-refractivity contribution >= 4 is 5.91 Å². The standard InChI is InChI=1S/C19H17FN4O3/c1-27-17-9-14(20)4-5-15(17)16-6-7-19(26)24(23-16)12-18(25)22-11-13-3-2-8-21-10-13/h2-10H,11-12H2,1H3,(H,22,25). The van der Waals surface area contributed by atoms with Crippen LogP contribution in [-0.4, -0.2) is 27.8 Å². The molecule has 138 valence electrons. The number of rotatable bonds is 6. The van der Waals surface area contributed by atoms with Crippen molar-refractivity contribution in [2.45, 2.75) is 13.1 Å². The smallest absolute Gasteiger partial charge is 0.267 e. The zero-order chi connectivity index (χ0) is 19.2. The lowest BCUT2D eigenvalue weighted by molar-refractivity contribution is -0.122. The quantitative estimate of drug-likeness (QED) is 0.717. The fraction of sp³-hybridized carbons (Fsp3) is 0.158. The van der Waals surface area contributed by atoms with E-state index in [1.165, 1.54) is 37.4 Å². The maximum Gasteiger partial charge on any atom is 0.267 e. The SMILES string of the molecule is COc1cc(F)ccc1-c1ccc(=O)n(CC(=O)NCc2cccnc2)n1. The largest absolute Gasteiger partial charge is 0.496 e. The van der Waals surface area contributed by atoms with Crippen LogP contribution >= 0.6 is 0 Å². The number of ether oxygens (including phenoxy) is 1. The normalized spacial score (nSPS) is 10.4. The fourth-order valence-electron chi connectivity index (χ4n) is 2.48. The number of aromatic nitrogens is 3. The second kappa shape index (κ2) is 8.22. The molecule has 1 aromatic carbocycles. The second-order valence-corrected chi connectivity index (χ2v) is 5.70. The highest BCUT2D eigenvalue weighted by molar-refractivity contribution is 5.75. The molecular weight excluding hydrogens is 351 g/mol. The molecule has 1 amide bonds. The first kappa shape index (κ1) is 18.2. The maximum atomic E-state index is 13.4. The van der Waals surface area contributed by atoms with E-state index in [1.807, 2.05) is 6.07 Å². The number of amides is 1. The summed E-state index contributed by atoms with van der Waals surface area (Å²) in [4.78, 5) is 28.2. The van der Waals surface area contributed by atoms with Crippen molar-refractivity contribution in [2.24, 2.45) is 0 Å². The lowest BCUT2D eigenvalue weighted by Crippen LogP contribution is -2.33. The van der Waals surface area contributed by atoms with Crippen LogP contribution in [0.5, 0.6) is 5.75 Å². The average molecular weight is 368 g/mol. The van der Waals surface area contributed by atoms with E-state index in [0.29, 0.717) is 17.8 Å². The Morgan fingerprint density at radius 3 is 2.85 bits per heavy atom. The van der Waals surface area contributed by atoms with E-state index >= 15 is 0 Å². The van der Waals surface area contributed by atoms with Crippen molar-refractivity contribution in [2.75, 3.05) is 7.11 Å². The number of benzene rings is 1. The molecule has 3 rings (SSSR count). The minimum Gasteiger partial charge on any atom is -0.496 e. The Morgan fingerprint density at radius 1 is 1.26 bits per heavy atom. The van der Waals surface area contributed by atoms with Crippen LogP contribution in [0, 0.1) is 5.82 Å². The van der Waals surface area contributed by atoms with Crippen LogP contribution in [0.25, 0.3) is 11.3 Å². The van der Waals surface area contributed by atoms with Gasteiger partial charge in [0.15, 0.2) is 0 Å².